The Balaban J connectivity index is 1.47. The predicted molar refractivity (Wildman–Crippen MR) is 122 cm³/mol. The summed E-state index contributed by atoms with van der Waals surface area (Å²) in [5.74, 6) is -0.290. The van der Waals surface area contributed by atoms with Crippen molar-refractivity contribution in [2.75, 3.05) is 25.1 Å². The molecule has 0 spiro atoms. The van der Waals surface area contributed by atoms with E-state index >= 15 is 0 Å². The second kappa shape index (κ2) is 8.67. The normalized spacial score (nSPS) is 12.7. The van der Waals surface area contributed by atoms with Crippen molar-refractivity contribution in [3.63, 3.8) is 0 Å². The van der Waals surface area contributed by atoms with Crippen LogP contribution in [0.5, 0.6) is 5.75 Å². The van der Waals surface area contributed by atoms with Crippen LogP contribution in [0.4, 0.5) is 5.69 Å². The second-order valence-corrected chi connectivity index (χ2v) is 7.88. The first kappa shape index (κ1) is 21.3. The lowest BCUT2D eigenvalue weighted by Gasteiger charge is -2.18. The van der Waals surface area contributed by atoms with Crippen LogP contribution >= 0.6 is 0 Å². The fourth-order valence-corrected chi connectivity index (χ4v) is 3.66. The van der Waals surface area contributed by atoms with Gasteiger partial charge in [0.15, 0.2) is 0 Å². The maximum atomic E-state index is 13.0. The number of carbonyl (C=O) groups excluding carboxylic acids is 3. The molecule has 0 aliphatic carbocycles. The third-order valence-electron chi connectivity index (χ3n) is 5.55. The molecule has 0 aromatic heterocycles. The van der Waals surface area contributed by atoms with Crippen molar-refractivity contribution in [1.82, 2.24) is 4.90 Å². The van der Waals surface area contributed by atoms with Gasteiger partial charge in [0.2, 0.25) is 0 Å². The van der Waals surface area contributed by atoms with E-state index < -0.39 is 5.91 Å². The van der Waals surface area contributed by atoms with Crippen LogP contribution in [0.25, 0.3) is 0 Å². The second-order valence-electron chi connectivity index (χ2n) is 7.88. The number of hydrogen-bond donors (Lipinski definition) is 0. The van der Waals surface area contributed by atoms with E-state index in [1.807, 2.05) is 50.2 Å². The Morgan fingerprint density at radius 2 is 1.59 bits per heavy atom. The van der Waals surface area contributed by atoms with Gasteiger partial charge in [0.1, 0.15) is 12.4 Å². The highest BCUT2D eigenvalue weighted by Gasteiger charge is 2.37. The smallest absolute Gasteiger partial charge is 0.266 e. The predicted octanol–water partition coefficient (Wildman–Crippen LogP) is 4.26. The lowest BCUT2D eigenvalue weighted by atomic mass is 10.0. The number of anilines is 1. The Kier molecular flexibility index (Phi) is 5.77. The Morgan fingerprint density at radius 3 is 2.31 bits per heavy atom. The van der Waals surface area contributed by atoms with Crippen LogP contribution in [0, 0.1) is 13.8 Å². The maximum Gasteiger partial charge on any atom is 0.266 e. The highest BCUT2D eigenvalue weighted by molar-refractivity contribution is 6.35. The van der Waals surface area contributed by atoms with Gasteiger partial charge in [0.05, 0.1) is 23.4 Å². The van der Waals surface area contributed by atoms with E-state index in [1.54, 1.807) is 31.3 Å². The Morgan fingerprint density at radius 1 is 0.906 bits per heavy atom. The van der Waals surface area contributed by atoms with E-state index in [-0.39, 0.29) is 17.4 Å². The van der Waals surface area contributed by atoms with E-state index in [0.29, 0.717) is 30.0 Å². The quantitative estimate of drug-likeness (QED) is 0.551. The summed E-state index contributed by atoms with van der Waals surface area (Å²) in [6.07, 6.45) is 0. The minimum absolute atomic E-state index is 0.241. The van der Waals surface area contributed by atoms with E-state index in [0.717, 1.165) is 16.9 Å². The zero-order valence-corrected chi connectivity index (χ0v) is 18.3. The van der Waals surface area contributed by atoms with E-state index in [9.17, 15) is 14.4 Å². The van der Waals surface area contributed by atoms with E-state index in [1.165, 1.54) is 15.9 Å². The van der Waals surface area contributed by atoms with Crippen LogP contribution in [-0.4, -0.2) is 42.8 Å². The Labute approximate surface area is 187 Å². The third kappa shape index (κ3) is 3.99. The molecule has 6 nitrogen and oxygen atoms in total. The molecular weight excluding hydrogens is 404 g/mol. The van der Waals surface area contributed by atoms with Crippen LogP contribution in [-0.2, 0) is 0 Å². The highest BCUT2D eigenvalue weighted by Crippen LogP contribution is 2.31. The van der Waals surface area contributed by atoms with E-state index in [4.69, 9.17) is 4.74 Å². The van der Waals surface area contributed by atoms with Gasteiger partial charge in [-0.3, -0.25) is 14.4 Å². The van der Waals surface area contributed by atoms with Crippen molar-refractivity contribution >= 4 is 23.4 Å². The molecule has 0 bridgehead atoms. The summed E-state index contributed by atoms with van der Waals surface area (Å²) in [6.45, 7) is 4.58. The molecule has 0 fully saturated rings. The number of imide groups is 1. The van der Waals surface area contributed by atoms with Gasteiger partial charge < -0.3 is 9.64 Å². The highest BCUT2D eigenvalue weighted by atomic mass is 16.5. The number of carbonyl (C=O) groups is 3. The monoisotopic (exact) mass is 428 g/mol. The standard InChI is InChI=1S/C26H24N2O4/c1-17-8-11-20(12-9-17)32-15-14-27(3)24(29)19-10-13-21-22(16-19)26(31)28(25(21)30)23-7-5-4-6-18(23)2/h4-13,16H,14-15H2,1-3H3. The van der Waals surface area contributed by atoms with Crippen molar-refractivity contribution < 1.29 is 19.1 Å². The first-order valence-electron chi connectivity index (χ1n) is 10.4. The summed E-state index contributed by atoms with van der Waals surface area (Å²) in [4.78, 5) is 41.5. The number of ether oxygens (including phenoxy) is 1. The first-order valence-corrected chi connectivity index (χ1v) is 10.4. The number of nitrogens with zero attached hydrogens (tertiary/aromatic N) is 2. The molecule has 4 rings (SSSR count). The maximum absolute atomic E-state index is 13.0. The van der Waals surface area contributed by atoms with Crippen LogP contribution in [0.2, 0.25) is 0 Å². The van der Waals surface area contributed by atoms with Gasteiger partial charge in [0.25, 0.3) is 17.7 Å². The summed E-state index contributed by atoms with van der Waals surface area (Å²) < 4.78 is 5.70. The molecule has 3 aromatic carbocycles. The van der Waals surface area contributed by atoms with Gasteiger partial charge >= 0.3 is 0 Å². The Hall–Kier alpha value is -3.93. The van der Waals surface area contributed by atoms with Crippen molar-refractivity contribution in [2.24, 2.45) is 0 Å². The van der Waals surface area contributed by atoms with Crippen LogP contribution in [0.15, 0.2) is 66.7 Å². The van der Waals surface area contributed by atoms with Crippen molar-refractivity contribution in [3.05, 3.63) is 94.5 Å². The summed E-state index contributed by atoms with van der Waals surface area (Å²) in [6, 6.07) is 19.6. The number of hydrogen-bond acceptors (Lipinski definition) is 4. The number of likely N-dealkylation sites (N-methyl/N-ethyl adjacent to an activating group) is 1. The molecule has 0 unspecified atom stereocenters. The number of rotatable bonds is 6. The SMILES string of the molecule is Cc1ccc(OCCN(C)C(=O)c2ccc3c(c2)C(=O)N(c2ccccc2C)C3=O)cc1. The fourth-order valence-electron chi connectivity index (χ4n) is 3.66. The molecule has 3 amide bonds. The van der Waals surface area contributed by atoms with Crippen LogP contribution < -0.4 is 9.64 Å². The fraction of sp³-hybridized carbons (Fsp3) is 0.192. The zero-order chi connectivity index (χ0) is 22.8. The van der Waals surface area contributed by atoms with Crippen molar-refractivity contribution in [2.45, 2.75) is 13.8 Å². The van der Waals surface area contributed by atoms with Crippen molar-refractivity contribution in [3.8, 4) is 5.75 Å². The van der Waals surface area contributed by atoms with Gasteiger partial charge in [-0.05, 0) is 55.8 Å². The van der Waals surface area contributed by atoms with Gasteiger partial charge in [-0.15, -0.1) is 0 Å². The van der Waals surface area contributed by atoms with Gasteiger partial charge in [-0.2, -0.15) is 0 Å². The van der Waals surface area contributed by atoms with Crippen LogP contribution in [0.1, 0.15) is 42.2 Å². The average Bonchev–Trinajstić information content (AvgIpc) is 3.04. The zero-order valence-electron chi connectivity index (χ0n) is 18.3. The molecule has 6 heteroatoms. The Bertz CT molecular complexity index is 1200. The first-order chi connectivity index (χ1) is 15.4. The molecule has 3 aromatic rings. The molecule has 0 saturated heterocycles. The number of aryl methyl sites for hydroxylation is 2. The van der Waals surface area contributed by atoms with Crippen molar-refractivity contribution in [1.29, 1.82) is 0 Å². The molecule has 162 valence electrons. The number of para-hydroxylation sites is 1. The summed E-state index contributed by atoms with van der Waals surface area (Å²) in [7, 11) is 1.68. The summed E-state index contributed by atoms with van der Waals surface area (Å²) in [5.41, 5.74) is 3.43. The third-order valence-corrected chi connectivity index (χ3v) is 5.55. The number of fused-ring (bicyclic) bond motifs is 1. The summed E-state index contributed by atoms with van der Waals surface area (Å²) in [5, 5.41) is 0. The minimum Gasteiger partial charge on any atom is -0.492 e. The number of benzene rings is 3. The molecule has 0 radical (unpaired) electrons. The topological polar surface area (TPSA) is 66.9 Å². The van der Waals surface area contributed by atoms with Gasteiger partial charge in [-0.25, -0.2) is 4.90 Å². The molecule has 1 aliphatic heterocycles. The lowest BCUT2D eigenvalue weighted by molar-refractivity contribution is 0.0773. The van der Waals surface area contributed by atoms with E-state index in [2.05, 4.69) is 0 Å². The van der Waals surface area contributed by atoms with Crippen LogP contribution in [0.3, 0.4) is 0 Å². The average molecular weight is 428 g/mol. The lowest BCUT2D eigenvalue weighted by Crippen LogP contribution is -2.31. The summed E-state index contributed by atoms with van der Waals surface area (Å²) >= 11 is 0. The van der Waals surface area contributed by atoms with Gasteiger partial charge in [0, 0.05) is 12.6 Å². The molecule has 1 heterocycles. The molecule has 0 saturated carbocycles. The molecule has 0 atom stereocenters. The molecule has 32 heavy (non-hydrogen) atoms. The van der Waals surface area contributed by atoms with Gasteiger partial charge in [-0.1, -0.05) is 35.9 Å². The molecule has 1 aliphatic rings. The minimum atomic E-state index is -0.417. The molecule has 0 N–H and O–H groups in total. The largest absolute Gasteiger partial charge is 0.492 e. The number of amides is 3. The molecular formula is C26H24N2O4.